The van der Waals surface area contributed by atoms with Gasteiger partial charge in [0.05, 0.1) is 24.7 Å². The Morgan fingerprint density at radius 3 is 2.72 bits per heavy atom. The molecule has 2 heterocycles. The van der Waals surface area contributed by atoms with Gasteiger partial charge >= 0.3 is 5.97 Å². The fraction of sp³-hybridized carbons (Fsp3) is 0.286. The molecular weight excluding hydrogens is 374 g/mol. The molecule has 29 heavy (non-hydrogen) atoms. The molecule has 1 aliphatic rings. The standard InChI is InChI=1S/C21H21N3O5/c1-4-27-13-6-7-16-12(8-13)9-14(20(25)24-16)18-15(10-22)19(23)29-11(3)17(18)21(26)28-5-2/h6-9,18H,4-5,23H2,1-3H3,(H,24,25)/t18-/m0/s1. The molecule has 0 unspecified atom stereocenters. The number of fused-ring (bicyclic) bond motifs is 1. The number of benzene rings is 1. The number of hydrogen-bond acceptors (Lipinski definition) is 7. The van der Waals surface area contributed by atoms with Gasteiger partial charge in [-0.3, -0.25) is 4.79 Å². The third-order valence-corrected chi connectivity index (χ3v) is 4.57. The molecule has 0 spiro atoms. The molecule has 1 aromatic carbocycles. The molecule has 0 aliphatic carbocycles. The molecule has 3 N–H and O–H groups in total. The summed E-state index contributed by atoms with van der Waals surface area (Å²) in [7, 11) is 0. The average Bonchev–Trinajstić information content (AvgIpc) is 2.67. The minimum absolute atomic E-state index is 0.0236. The van der Waals surface area contributed by atoms with E-state index in [9.17, 15) is 14.9 Å². The first-order chi connectivity index (χ1) is 13.9. The van der Waals surface area contributed by atoms with Crippen LogP contribution in [0.2, 0.25) is 0 Å². The van der Waals surface area contributed by atoms with Crippen LogP contribution in [0.4, 0.5) is 0 Å². The van der Waals surface area contributed by atoms with Gasteiger partial charge in [-0.2, -0.15) is 5.26 Å². The number of rotatable bonds is 5. The van der Waals surface area contributed by atoms with Gasteiger partial charge in [-0.15, -0.1) is 0 Å². The third kappa shape index (κ3) is 3.67. The number of nitrogens with two attached hydrogens (primary N) is 1. The largest absolute Gasteiger partial charge is 0.494 e. The number of H-pyrrole nitrogens is 1. The van der Waals surface area contributed by atoms with Crippen molar-refractivity contribution in [2.24, 2.45) is 5.73 Å². The second-order valence-electron chi connectivity index (χ2n) is 6.35. The highest BCUT2D eigenvalue weighted by molar-refractivity contribution is 5.93. The lowest BCUT2D eigenvalue weighted by Gasteiger charge is -2.26. The summed E-state index contributed by atoms with van der Waals surface area (Å²) in [5, 5.41) is 10.3. The van der Waals surface area contributed by atoms with Crippen molar-refractivity contribution >= 4 is 16.9 Å². The van der Waals surface area contributed by atoms with E-state index in [0.717, 1.165) is 0 Å². The molecule has 0 saturated carbocycles. The Morgan fingerprint density at radius 1 is 1.31 bits per heavy atom. The van der Waals surface area contributed by atoms with E-state index < -0.39 is 17.4 Å². The molecule has 0 bridgehead atoms. The smallest absolute Gasteiger partial charge is 0.338 e. The molecule has 8 nitrogen and oxygen atoms in total. The monoisotopic (exact) mass is 395 g/mol. The molecule has 0 radical (unpaired) electrons. The summed E-state index contributed by atoms with van der Waals surface area (Å²) in [6.07, 6.45) is 0. The fourth-order valence-electron chi connectivity index (χ4n) is 3.34. The van der Waals surface area contributed by atoms with Crippen LogP contribution in [-0.4, -0.2) is 24.2 Å². The van der Waals surface area contributed by atoms with Crippen LogP contribution in [0.1, 0.15) is 32.3 Å². The van der Waals surface area contributed by atoms with E-state index in [-0.39, 0.29) is 35.0 Å². The number of esters is 1. The van der Waals surface area contributed by atoms with Crippen molar-refractivity contribution < 1.29 is 19.0 Å². The lowest BCUT2D eigenvalue weighted by Crippen LogP contribution is -2.29. The average molecular weight is 395 g/mol. The predicted octanol–water partition coefficient (Wildman–Crippen LogP) is 2.57. The molecule has 1 atom stereocenters. The zero-order chi connectivity index (χ0) is 21.1. The second-order valence-corrected chi connectivity index (χ2v) is 6.35. The van der Waals surface area contributed by atoms with E-state index in [0.29, 0.717) is 23.3 Å². The molecule has 1 aromatic heterocycles. The summed E-state index contributed by atoms with van der Waals surface area (Å²) in [6, 6.07) is 8.86. The molecule has 3 rings (SSSR count). The van der Waals surface area contributed by atoms with Crippen molar-refractivity contribution in [2.75, 3.05) is 13.2 Å². The Balaban J connectivity index is 2.25. The van der Waals surface area contributed by atoms with Gasteiger partial charge in [-0.1, -0.05) is 0 Å². The Labute approximate surface area is 167 Å². The Kier molecular flexibility index (Phi) is 5.59. The van der Waals surface area contributed by atoms with Gasteiger partial charge < -0.3 is 24.9 Å². The number of carbonyl (C=O) groups excluding carboxylic acids is 1. The highest BCUT2D eigenvalue weighted by Gasteiger charge is 2.37. The molecule has 0 saturated heterocycles. The maximum atomic E-state index is 12.9. The molecule has 8 heteroatoms. The third-order valence-electron chi connectivity index (χ3n) is 4.57. The number of allylic oxidation sites excluding steroid dienone is 2. The number of nitrogens with zero attached hydrogens (tertiary/aromatic N) is 1. The number of carbonyl (C=O) groups is 1. The van der Waals surface area contributed by atoms with Crippen molar-refractivity contribution in [1.29, 1.82) is 5.26 Å². The number of aromatic nitrogens is 1. The number of aromatic amines is 1. The van der Waals surface area contributed by atoms with Gasteiger partial charge in [0, 0.05) is 16.5 Å². The first-order valence-corrected chi connectivity index (χ1v) is 9.16. The molecule has 0 amide bonds. The number of pyridine rings is 1. The van der Waals surface area contributed by atoms with Crippen LogP contribution in [0.25, 0.3) is 10.9 Å². The molecule has 1 aliphatic heterocycles. The lowest BCUT2D eigenvalue weighted by molar-refractivity contribution is -0.139. The summed E-state index contributed by atoms with van der Waals surface area (Å²) < 4.78 is 16.0. The first-order valence-electron chi connectivity index (χ1n) is 9.16. The van der Waals surface area contributed by atoms with Crippen LogP contribution in [0, 0.1) is 11.3 Å². The highest BCUT2D eigenvalue weighted by atomic mass is 16.5. The molecule has 2 aromatic rings. The van der Waals surface area contributed by atoms with E-state index in [4.69, 9.17) is 19.9 Å². The number of nitrogens with one attached hydrogen (secondary N) is 1. The van der Waals surface area contributed by atoms with Crippen LogP contribution >= 0.6 is 0 Å². The highest BCUT2D eigenvalue weighted by Crippen LogP contribution is 2.39. The predicted molar refractivity (Wildman–Crippen MR) is 106 cm³/mol. The second kappa shape index (κ2) is 8.10. The topological polar surface area (TPSA) is 127 Å². The minimum atomic E-state index is -1.00. The van der Waals surface area contributed by atoms with Crippen LogP contribution < -0.4 is 16.0 Å². The normalized spacial score (nSPS) is 16.4. The first kappa shape index (κ1) is 20.0. The number of hydrogen-bond donors (Lipinski definition) is 2. The Bertz CT molecular complexity index is 1140. The van der Waals surface area contributed by atoms with E-state index in [1.54, 1.807) is 38.1 Å². The van der Waals surface area contributed by atoms with Crippen molar-refractivity contribution in [3.8, 4) is 11.8 Å². The Morgan fingerprint density at radius 2 is 2.07 bits per heavy atom. The van der Waals surface area contributed by atoms with Crippen LogP contribution in [0.5, 0.6) is 5.75 Å². The van der Waals surface area contributed by atoms with Crippen LogP contribution in [0.15, 0.2) is 51.8 Å². The maximum absolute atomic E-state index is 12.9. The van der Waals surface area contributed by atoms with Crippen molar-refractivity contribution in [2.45, 2.75) is 26.7 Å². The lowest BCUT2D eigenvalue weighted by atomic mass is 9.83. The zero-order valence-corrected chi connectivity index (χ0v) is 16.4. The minimum Gasteiger partial charge on any atom is -0.494 e. The van der Waals surface area contributed by atoms with Crippen molar-refractivity contribution in [3.05, 3.63) is 63.0 Å². The number of nitriles is 1. The summed E-state index contributed by atoms with van der Waals surface area (Å²) in [4.78, 5) is 28.3. The fourth-order valence-corrected chi connectivity index (χ4v) is 3.34. The summed E-state index contributed by atoms with van der Waals surface area (Å²) >= 11 is 0. The molecule has 0 fully saturated rings. The van der Waals surface area contributed by atoms with E-state index in [2.05, 4.69) is 4.98 Å². The van der Waals surface area contributed by atoms with E-state index in [1.807, 2.05) is 13.0 Å². The maximum Gasteiger partial charge on any atom is 0.338 e. The van der Waals surface area contributed by atoms with E-state index >= 15 is 0 Å². The molecular formula is C21H21N3O5. The van der Waals surface area contributed by atoms with Gasteiger partial charge in [0.25, 0.3) is 5.56 Å². The zero-order valence-electron chi connectivity index (χ0n) is 16.4. The quantitative estimate of drug-likeness (QED) is 0.745. The van der Waals surface area contributed by atoms with Crippen molar-refractivity contribution in [3.63, 3.8) is 0 Å². The summed E-state index contributed by atoms with van der Waals surface area (Å²) in [6.45, 7) is 5.71. The van der Waals surface area contributed by atoms with Gasteiger partial charge in [-0.05, 0) is 45.0 Å². The van der Waals surface area contributed by atoms with Gasteiger partial charge in [0.1, 0.15) is 23.2 Å². The number of ether oxygens (including phenoxy) is 3. The molecule has 150 valence electrons. The Hall–Kier alpha value is -3.73. The van der Waals surface area contributed by atoms with Gasteiger partial charge in [0.2, 0.25) is 5.88 Å². The SMILES string of the molecule is CCOC(=O)C1=C(C)OC(N)=C(C#N)[C@@H]1c1cc2cc(OCC)ccc2[nH]c1=O. The van der Waals surface area contributed by atoms with Gasteiger partial charge in [-0.25, -0.2) is 4.79 Å². The summed E-state index contributed by atoms with van der Waals surface area (Å²) in [5.74, 6) is -0.995. The van der Waals surface area contributed by atoms with E-state index in [1.165, 1.54) is 0 Å². The van der Waals surface area contributed by atoms with Crippen molar-refractivity contribution in [1.82, 2.24) is 4.98 Å². The van der Waals surface area contributed by atoms with Gasteiger partial charge in [0.15, 0.2) is 0 Å². The van der Waals surface area contributed by atoms with Crippen LogP contribution in [0.3, 0.4) is 0 Å². The van der Waals surface area contributed by atoms with Crippen LogP contribution in [-0.2, 0) is 14.3 Å². The summed E-state index contributed by atoms with van der Waals surface area (Å²) in [5.41, 5.74) is 6.29.